The topological polar surface area (TPSA) is 98.5 Å². The molecule has 0 fully saturated rings. The van der Waals surface area contributed by atoms with Crippen LogP contribution in [0.4, 0.5) is 11.4 Å². The molecule has 0 saturated heterocycles. The first kappa shape index (κ1) is 19.2. The van der Waals surface area contributed by atoms with Crippen LogP contribution in [-0.2, 0) is 9.53 Å². The molecule has 142 valence electrons. The number of esters is 1. The molecule has 3 aromatic rings. The number of nitrogens with zero attached hydrogens (tertiary/aromatic N) is 1. The lowest BCUT2D eigenvalue weighted by atomic mass is 10.1. The number of carbonyl (C=O) groups excluding carboxylic acids is 2. The molecule has 0 aliphatic carbocycles. The van der Waals surface area contributed by atoms with Gasteiger partial charge in [0.15, 0.2) is 6.61 Å². The van der Waals surface area contributed by atoms with E-state index in [1.807, 2.05) is 36.4 Å². The molecule has 1 N–H and O–H groups in total. The van der Waals surface area contributed by atoms with Crippen LogP contribution in [0.5, 0.6) is 0 Å². The number of ether oxygens (including phenoxy) is 1. The van der Waals surface area contributed by atoms with Crippen molar-refractivity contribution in [1.82, 2.24) is 0 Å². The minimum atomic E-state index is -0.655. The largest absolute Gasteiger partial charge is 0.451 e. The fourth-order valence-corrected chi connectivity index (χ4v) is 3.40. The van der Waals surface area contributed by atoms with Crippen molar-refractivity contribution in [3.63, 3.8) is 0 Å². The van der Waals surface area contributed by atoms with Crippen LogP contribution in [0, 0.1) is 17.0 Å². The zero-order valence-electron chi connectivity index (χ0n) is 14.9. The van der Waals surface area contributed by atoms with E-state index in [9.17, 15) is 19.7 Å². The lowest BCUT2D eigenvalue weighted by Gasteiger charge is -2.08. The van der Waals surface area contributed by atoms with Crippen LogP contribution in [0.25, 0.3) is 11.1 Å². The van der Waals surface area contributed by atoms with Crippen molar-refractivity contribution in [1.29, 1.82) is 0 Å². The van der Waals surface area contributed by atoms with E-state index in [0.29, 0.717) is 10.4 Å². The quantitative estimate of drug-likeness (QED) is 0.378. The Bertz CT molecular complexity index is 1030. The van der Waals surface area contributed by atoms with Crippen LogP contribution in [-0.4, -0.2) is 23.4 Å². The van der Waals surface area contributed by atoms with Gasteiger partial charge >= 0.3 is 5.97 Å². The summed E-state index contributed by atoms with van der Waals surface area (Å²) in [5.41, 5.74) is 2.13. The fourth-order valence-electron chi connectivity index (χ4n) is 2.59. The number of hydrogen-bond donors (Lipinski definition) is 1. The second kappa shape index (κ2) is 8.45. The minimum absolute atomic E-state index is 0.0535. The first-order valence-electron chi connectivity index (χ1n) is 8.30. The molecule has 3 rings (SSSR count). The van der Waals surface area contributed by atoms with Gasteiger partial charge in [0.2, 0.25) is 0 Å². The molecule has 7 nitrogen and oxygen atoms in total. The van der Waals surface area contributed by atoms with Gasteiger partial charge in [0.1, 0.15) is 10.6 Å². The van der Waals surface area contributed by atoms with E-state index >= 15 is 0 Å². The number of nitro benzene ring substituents is 1. The summed E-state index contributed by atoms with van der Waals surface area (Å²) in [5, 5.41) is 15.3. The maximum atomic E-state index is 12.4. The van der Waals surface area contributed by atoms with Gasteiger partial charge in [0.05, 0.1) is 4.92 Å². The van der Waals surface area contributed by atoms with E-state index in [0.717, 1.165) is 11.1 Å². The van der Waals surface area contributed by atoms with Gasteiger partial charge < -0.3 is 10.1 Å². The summed E-state index contributed by atoms with van der Waals surface area (Å²) in [5.74, 6) is -1.28. The number of thiophene rings is 1. The molecule has 1 aromatic heterocycles. The smallest absolute Gasteiger partial charge is 0.349 e. The summed E-state index contributed by atoms with van der Waals surface area (Å²) >= 11 is 1.22. The second-order valence-corrected chi connectivity index (χ2v) is 6.85. The van der Waals surface area contributed by atoms with Crippen LogP contribution in [0.1, 0.15) is 15.2 Å². The predicted molar refractivity (Wildman–Crippen MR) is 107 cm³/mol. The summed E-state index contributed by atoms with van der Waals surface area (Å²) in [6.07, 6.45) is 0. The van der Waals surface area contributed by atoms with Crippen LogP contribution >= 0.6 is 11.3 Å². The molecular formula is C20H16N2O5S. The summed E-state index contributed by atoms with van der Waals surface area (Å²) in [7, 11) is 0. The zero-order chi connectivity index (χ0) is 20.1. The number of hydrogen-bond acceptors (Lipinski definition) is 6. The van der Waals surface area contributed by atoms with E-state index in [-0.39, 0.29) is 11.4 Å². The predicted octanol–water partition coefficient (Wildman–Crippen LogP) is 4.43. The number of carbonyl (C=O) groups is 2. The van der Waals surface area contributed by atoms with Crippen LogP contribution in [0.2, 0.25) is 0 Å². The molecule has 0 bridgehead atoms. The number of nitrogens with one attached hydrogen (secondary N) is 1. The minimum Gasteiger partial charge on any atom is -0.451 e. The average molecular weight is 396 g/mol. The Balaban J connectivity index is 1.66. The van der Waals surface area contributed by atoms with Crippen molar-refractivity contribution in [2.75, 3.05) is 11.9 Å². The van der Waals surface area contributed by atoms with Crippen LogP contribution in [0.3, 0.4) is 0 Å². The van der Waals surface area contributed by atoms with Gasteiger partial charge in [-0.3, -0.25) is 14.9 Å². The third-order valence-corrected chi connectivity index (χ3v) is 4.79. The van der Waals surface area contributed by atoms with Gasteiger partial charge in [-0.25, -0.2) is 4.79 Å². The highest BCUT2D eigenvalue weighted by atomic mass is 32.1. The van der Waals surface area contributed by atoms with E-state index < -0.39 is 23.4 Å². The van der Waals surface area contributed by atoms with Crippen LogP contribution in [0.15, 0.2) is 60.0 Å². The van der Waals surface area contributed by atoms with Crippen molar-refractivity contribution in [3.05, 3.63) is 80.5 Å². The van der Waals surface area contributed by atoms with Gasteiger partial charge in [0.25, 0.3) is 11.6 Å². The monoisotopic (exact) mass is 396 g/mol. The Kier molecular flexibility index (Phi) is 5.81. The number of nitro groups is 1. The molecule has 0 atom stereocenters. The Morgan fingerprint density at radius 1 is 1.14 bits per heavy atom. The van der Waals surface area contributed by atoms with E-state index in [1.54, 1.807) is 18.4 Å². The normalized spacial score (nSPS) is 10.3. The maximum Gasteiger partial charge on any atom is 0.349 e. The number of benzene rings is 2. The number of anilines is 1. The molecule has 1 heterocycles. The molecule has 0 unspecified atom stereocenters. The lowest BCUT2D eigenvalue weighted by Crippen LogP contribution is -2.21. The molecule has 0 saturated carbocycles. The van der Waals surface area contributed by atoms with Gasteiger partial charge in [-0.2, -0.15) is 0 Å². The van der Waals surface area contributed by atoms with E-state index in [4.69, 9.17) is 4.74 Å². The molecule has 8 heteroatoms. The van der Waals surface area contributed by atoms with Crippen molar-refractivity contribution >= 4 is 34.6 Å². The Morgan fingerprint density at radius 2 is 1.89 bits per heavy atom. The van der Waals surface area contributed by atoms with Crippen molar-refractivity contribution < 1.29 is 19.2 Å². The third-order valence-electron chi connectivity index (χ3n) is 3.89. The lowest BCUT2D eigenvalue weighted by molar-refractivity contribution is -0.384. The first-order chi connectivity index (χ1) is 13.5. The highest BCUT2D eigenvalue weighted by molar-refractivity contribution is 7.12. The van der Waals surface area contributed by atoms with Gasteiger partial charge in [-0.1, -0.05) is 36.4 Å². The molecule has 0 aliphatic heterocycles. The van der Waals surface area contributed by atoms with Crippen molar-refractivity contribution in [3.8, 4) is 11.1 Å². The van der Waals surface area contributed by atoms with Crippen LogP contribution < -0.4 is 5.32 Å². The zero-order valence-corrected chi connectivity index (χ0v) is 15.7. The molecule has 2 aromatic carbocycles. The third kappa shape index (κ3) is 4.41. The number of amides is 1. The van der Waals surface area contributed by atoms with Gasteiger partial charge in [-0.15, -0.1) is 11.3 Å². The molecule has 1 amide bonds. The van der Waals surface area contributed by atoms with Gasteiger partial charge in [0, 0.05) is 11.6 Å². The Labute approximate surface area is 164 Å². The summed E-state index contributed by atoms with van der Waals surface area (Å²) < 4.78 is 5.10. The summed E-state index contributed by atoms with van der Waals surface area (Å²) in [6.45, 7) is 1.17. The molecule has 0 aliphatic rings. The molecule has 0 spiro atoms. The Morgan fingerprint density at radius 3 is 2.61 bits per heavy atom. The SMILES string of the molecule is Cc1ccc(NC(=O)COC(=O)c2sccc2-c2ccccc2)c([N+](=O)[O-])c1. The van der Waals surface area contributed by atoms with Crippen molar-refractivity contribution in [2.24, 2.45) is 0 Å². The highest BCUT2D eigenvalue weighted by Crippen LogP contribution is 2.29. The molecule has 0 radical (unpaired) electrons. The van der Waals surface area contributed by atoms with Gasteiger partial charge in [-0.05, 0) is 35.6 Å². The highest BCUT2D eigenvalue weighted by Gasteiger charge is 2.19. The maximum absolute atomic E-state index is 12.4. The standard InChI is InChI=1S/C20H16N2O5S/c1-13-7-8-16(17(11-13)22(25)26)21-18(23)12-27-20(24)19-15(9-10-28-19)14-5-3-2-4-6-14/h2-11H,12H2,1H3,(H,21,23). The van der Waals surface area contributed by atoms with Crippen molar-refractivity contribution in [2.45, 2.75) is 6.92 Å². The number of rotatable bonds is 6. The molecular weight excluding hydrogens is 380 g/mol. The second-order valence-electron chi connectivity index (χ2n) is 5.93. The van der Waals surface area contributed by atoms with E-state index in [1.165, 1.54) is 23.5 Å². The summed E-state index contributed by atoms with van der Waals surface area (Å²) in [4.78, 5) is 35.4. The number of aryl methyl sites for hydroxylation is 1. The molecule has 28 heavy (non-hydrogen) atoms. The summed E-state index contributed by atoms with van der Waals surface area (Å²) in [6, 6.07) is 15.6. The first-order valence-corrected chi connectivity index (χ1v) is 9.18. The average Bonchev–Trinajstić information content (AvgIpc) is 3.18. The van der Waals surface area contributed by atoms with E-state index in [2.05, 4.69) is 5.32 Å². The fraction of sp³-hybridized carbons (Fsp3) is 0.100. The Hall–Kier alpha value is -3.52.